The van der Waals surface area contributed by atoms with Crippen molar-refractivity contribution in [2.75, 3.05) is 17.8 Å². The number of hydrogen-bond donors (Lipinski definition) is 1. The number of nitrogens with zero attached hydrogens (tertiary/aromatic N) is 2. The predicted octanol–water partition coefficient (Wildman–Crippen LogP) is 2.78. The quantitative estimate of drug-likeness (QED) is 0.890. The van der Waals surface area contributed by atoms with Crippen LogP contribution in [0.25, 0.3) is 0 Å². The fourth-order valence-corrected chi connectivity index (χ4v) is 3.56. The number of thioether (sulfide) groups is 2. The standard InChI is InChI=1S/C11H19N3OS2/c1-16-7-5-8(12)11-13-10(14-15-11)9-4-2-3-6-17-9/h8-9H,2-7,12H2,1H3/t8-,9?/m0/s1. The fraction of sp³-hybridized carbons (Fsp3) is 0.818. The smallest absolute Gasteiger partial charge is 0.243 e. The van der Waals surface area contributed by atoms with Crippen molar-refractivity contribution < 1.29 is 4.52 Å². The zero-order valence-corrected chi connectivity index (χ0v) is 11.7. The van der Waals surface area contributed by atoms with Crippen LogP contribution in [0.3, 0.4) is 0 Å². The summed E-state index contributed by atoms with van der Waals surface area (Å²) in [5.41, 5.74) is 6.01. The van der Waals surface area contributed by atoms with Gasteiger partial charge in [-0.3, -0.25) is 0 Å². The summed E-state index contributed by atoms with van der Waals surface area (Å²) in [5.74, 6) is 3.66. The van der Waals surface area contributed by atoms with E-state index >= 15 is 0 Å². The molecular weight excluding hydrogens is 254 g/mol. The molecule has 0 aromatic carbocycles. The Morgan fingerprint density at radius 1 is 1.59 bits per heavy atom. The van der Waals surface area contributed by atoms with Crippen LogP contribution in [-0.2, 0) is 0 Å². The van der Waals surface area contributed by atoms with Crippen molar-refractivity contribution in [2.24, 2.45) is 5.73 Å². The van der Waals surface area contributed by atoms with Crippen LogP contribution in [0.5, 0.6) is 0 Å². The SMILES string of the molecule is CSCC[C@H](N)c1nc(C2CCCCS2)no1. The summed E-state index contributed by atoms with van der Waals surface area (Å²) in [4.78, 5) is 4.45. The van der Waals surface area contributed by atoms with Gasteiger partial charge in [0.25, 0.3) is 0 Å². The molecule has 1 aromatic heterocycles. The summed E-state index contributed by atoms with van der Waals surface area (Å²) in [6.07, 6.45) is 6.69. The molecule has 0 aliphatic carbocycles. The van der Waals surface area contributed by atoms with Crippen molar-refractivity contribution >= 4 is 23.5 Å². The lowest BCUT2D eigenvalue weighted by Crippen LogP contribution is -2.12. The molecule has 17 heavy (non-hydrogen) atoms. The molecule has 2 N–H and O–H groups in total. The van der Waals surface area contributed by atoms with E-state index in [0.29, 0.717) is 11.1 Å². The number of hydrogen-bond acceptors (Lipinski definition) is 6. The minimum absolute atomic E-state index is 0.114. The first-order chi connectivity index (χ1) is 8.31. The summed E-state index contributed by atoms with van der Waals surface area (Å²) in [6, 6.07) is -0.114. The van der Waals surface area contributed by atoms with Crippen molar-refractivity contribution in [3.8, 4) is 0 Å². The molecule has 2 heterocycles. The van der Waals surface area contributed by atoms with Gasteiger partial charge in [0.15, 0.2) is 5.82 Å². The van der Waals surface area contributed by atoms with Crippen LogP contribution in [0, 0.1) is 0 Å². The van der Waals surface area contributed by atoms with Crippen LogP contribution in [0.1, 0.15) is 48.7 Å². The van der Waals surface area contributed by atoms with E-state index in [0.717, 1.165) is 24.4 Å². The van der Waals surface area contributed by atoms with Gasteiger partial charge in [-0.25, -0.2) is 0 Å². The zero-order chi connectivity index (χ0) is 12.1. The number of nitrogens with two attached hydrogens (primary N) is 1. The molecule has 2 rings (SSSR count). The summed E-state index contributed by atoms with van der Waals surface area (Å²) in [6.45, 7) is 0. The molecular formula is C11H19N3OS2. The van der Waals surface area contributed by atoms with E-state index in [-0.39, 0.29) is 6.04 Å². The van der Waals surface area contributed by atoms with Crippen molar-refractivity contribution in [3.05, 3.63) is 11.7 Å². The molecule has 1 aromatic rings. The Morgan fingerprint density at radius 2 is 2.47 bits per heavy atom. The lowest BCUT2D eigenvalue weighted by atomic mass is 10.2. The highest BCUT2D eigenvalue weighted by Crippen LogP contribution is 2.36. The molecule has 6 heteroatoms. The number of aromatic nitrogens is 2. The third-order valence-electron chi connectivity index (χ3n) is 2.88. The van der Waals surface area contributed by atoms with Crippen molar-refractivity contribution in [1.29, 1.82) is 0 Å². The van der Waals surface area contributed by atoms with E-state index in [2.05, 4.69) is 16.4 Å². The highest BCUT2D eigenvalue weighted by atomic mass is 32.2. The monoisotopic (exact) mass is 273 g/mol. The molecule has 0 amide bonds. The Labute approximate surface area is 110 Å². The first kappa shape index (κ1) is 13.2. The minimum atomic E-state index is -0.114. The van der Waals surface area contributed by atoms with E-state index in [1.54, 1.807) is 11.8 Å². The van der Waals surface area contributed by atoms with Gasteiger partial charge in [-0.05, 0) is 37.0 Å². The van der Waals surface area contributed by atoms with Gasteiger partial charge in [0, 0.05) is 0 Å². The second kappa shape index (κ2) is 6.66. The lowest BCUT2D eigenvalue weighted by Gasteiger charge is -2.17. The van der Waals surface area contributed by atoms with E-state index in [1.165, 1.54) is 18.6 Å². The van der Waals surface area contributed by atoms with E-state index in [4.69, 9.17) is 10.3 Å². The number of rotatable bonds is 5. The van der Waals surface area contributed by atoms with Crippen LogP contribution < -0.4 is 5.73 Å². The highest BCUT2D eigenvalue weighted by molar-refractivity contribution is 7.99. The van der Waals surface area contributed by atoms with Crippen LogP contribution in [0.2, 0.25) is 0 Å². The maximum atomic E-state index is 6.01. The molecule has 4 nitrogen and oxygen atoms in total. The Kier molecular flexibility index (Phi) is 5.18. The molecule has 1 aliphatic heterocycles. The van der Waals surface area contributed by atoms with Crippen LogP contribution in [0.15, 0.2) is 4.52 Å². The topological polar surface area (TPSA) is 64.9 Å². The first-order valence-corrected chi connectivity index (χ1v) is 8.45. The second-order valence-corrected chi connectivity index (χ2v) is 6.53. The third kappa shape index (κ3) is 3.63. The van der Waals surface area contributed by atoms with E-state index in [9.17, 15) is 0 Å². The average Bonchev–Trinajstić information content (AvgIpc) is 2.86. The lowest BCUT2D eigenvalue weighted by molar-refractivity contribution is 0.348. The Bertz CT molecular complexity index is 339. The third-order valence-corrected chi connectivity index (χ3v) is 4.89. The molecule has 0 spiro atoms. The van der Waals surface area contributed by atoms with Crippen LogP contribution in [-0.4, -0.2) is 27.9 Å². The predicted molar refractivity (Wildman–Crippen MR) is 73.3 cm³/mol. The Balaban J connectivity index is 1.94. The second-order valence-electron chi connectivity index (χ2n) is 4.23. The summed E-state index contributed by atoms with van der Waals surface area (Å²) < 4.78 is 5.27. The fourth-order valence-electron chi connectivity index (χ4n) is 1.84. The molecule has 1 aliphatic rings. The summed E-state index contributed by atoms with van der Waals surface area (Å²) in [7, 11) is 0. The minimum Gasteiger partial charge on any atom is -0.338 e. The highest BCUT2D eigenvalue weighted by Gasteiger charge is 2.23. The first-order valence-electron chi connectivity index (χ1n) is 6.01. The average molecular weight is 273 g/mol. The molecule has 0 bridgehead atoms. The van der Waals surface area contributed by atoms with Crippen LogP contribution >= 0.6 is 23.5 Å². The molecule has 0 saturated carbocycles. The molecule has 2 atom stereocenters. The molecule has 96 valence electrons. The van der Waals surface area contributed by atoms with Crippen molar-refractivity contribution in [2.45, 2.75) is 37.0 Å². The Hall–Kier alpha value is -0.200. The van der Waals surface area contributed by atoms with Crippen LogP contribution in [0.4, 0.5) is 0 Å². The molecule has 1 fully saturated rings. The normalized spacial score (nSPS) is 22.6. The summed E-state index contributed by atoms with van der Waals surface area (Å²) in [5, 5.41) is 4.49. The van der Waals surface area contributed by atoms with E-state index < -0.39 is 0 Å². The van der Waals surface area contributed by atoms with Crippen molar-refractivity contribution in [1.82, 2.24) is 10.1 Å². The van der Waals surface area contributed by atoms with Gasteiger partial charge in [0.2, 0.25) is 5.89 Å². The largest absolute Gasteiger partial charge is 0.338 e. The maximum absolute atomic E-state index is 6.01. The molecule has 1 saturated heterocycles. The van der Waals surface area contributed by atoms with Crippen molar-refractivity contribution in [3.63, 3.8) is 0 Å². The van der Waals surface area contributed by atoms with Gasteiger partial charge < -0.3 is 10.3 Å². The van der Waals surface area contributed by atoms with Gasteiger partial charge in [0.05, 0.1) is 11.3 Å². The molecule has 1 unspecified atom stereocenters. The van der Waals surface area contributed by atoms with Gasteiger partial charge in [-0.2, -0.15) is 28.5 Å². The maximum Gasteiger partial charge on any atom is 0.243 e. The van der Waals surface area contributed by atoms with Gasteiger partial charge >= 0.3 is 0 Å². The zero-order valence-electron chi connectivity index (χ0n) is 10.1. The molecule has 0 radical (unpaired) electrons. The van der Waals surface area contributed by atoms with Gasteiger partial charge in [-0.15, -0.1) is 0 Å². The van der Waals surface area contributed by atoms with E-state index in [1.807, 2.05) is 11.8 Å². The van der Waals surface area contributed by atoms with Gasteiger partial charge in [-0.1, -0.05) is 11.6 Å². The Morgan fingerprint density at radius 3 is 3.18 bits per heavy atom. The summed E-state index contributed by atoms with van der Waals surface area (Å²) >= 11 is 3.71. The van der Waals surface area contributed by atoms with Gasteiger partial charge in [0.1, 0.15) is 0 Å².